The number of hydrogen-bond donors (Lipinski definition) is 0. The van der Waals surface area contributed by atoms with Crippen LogP contribution >= 0.6 is 11.6 Å². The van der Waals surface area contributed by atoms with Crippen LogP contribution in [-0.2, 0) is 10.0 Å². The third-order valence-electron chi connectivity index (χ3n) is 3.56. The monoisotopic (exact) mass is 349 g/mol. The number of sulfonamides is 1. The first-order chi connectivity index (χ1) is 10.9. The van der Waals surface area contributed by atoms with Crippen LogP contribution in [0.4, 0.5) is 0 Å². The summed E-state index contributed by atoms with van der Waals surface area (Å²) in [7, 11) is -3.79. The molecule has 1 heterocycles. The van der Waals surface area contributed by atoms with Gasteiger partial charge in [-0.15, -0.1) is 0 Å². The number of pyridine rings is 1. The van der Waals surface area contributed by atoms with Gasteiger partial charge in [0.15, 0.2) is 0 Å². The first kappa shape index (κ1) is 17.4. The smallest absolute Gasteiger partial charge is 0.245 e. The van der Waals surface area contributed by atoms with E-state index in [0.29, 0.717) is 5.56 Å². The van der Waals surface area contributed by atoms with E-state index in [1.165, 1.54) is 22.5 Å². The number of aromatic nitrogens is 1. The molecule has 0 amide bonds. The van der Waals surface area contributed by atoms with Crippen LogP contribution in [0.3, 0.4) is 0 Å². The predicted octanol–water partition coefficient (Wildman–Crippen LogP) is 3.38. The van der Waals surface area contributed by atoms with Crippen LogP contribution in [0.2, 0.25) is 5.02 Å². The summed E-state index contributed by atoms with van der Waals surface area (Å²) in [6, 6.07) is 9.32. The predicted molar refractivity (Wildman–Crippen MR) is 88.4 cm³/mol. The van der Waals surface area contributed by atoms with Gasteiger partial charge in [0.05, 0.1) is 16.7 Å². The zero-order valence-corrected chi connectivity index (χ0v) is 14.3. The largest absolute Gasteiger partial charge is 0.264 e. The van der Waals surface area contributed by atoms with Crippen molar-refractivity contribution in [1.82, 2.24) is 9.29 Å². The molecule has 0 saturated carbocycles. The van der Waals surface area contributed by atoms with Gasteiger partial charge in [0.1, 0.15) is 4.90 Å². The molecule has 0 aliphatic rings. The molecule has 1 aromatic heterocycles. The summed E-state index contributed by atoms with van der Waals surface area (Å²) in [4.78, 5) is 4.03. The minimum absolute atomic E-state index is 0.00393. The van der Waals surface area contributed by atoms with Gasteiger partial charge in [-0.1, -0.05) is 24.6 Å². The van der Waals surface area contributed by atoms with Gasteiger partial charge in [0.2, 0.25) is 10.0 Å². The van der Waals surface area contributed by atoms with E-state index in [9.17, 15) is 8.42 Å². The van der Waals surface area contributed by atoms with E-state index in [-0.39, 0.29) is 22.5 Å². The van der Waals surface area contributed by atoms with Crippen molar-refractivity contribution in [3.8, 4) is 6.07 Å². The first-order valence-corrected chi connectivity index (χ1v) is 8.85. The summed E-state index contributed by atoms with van der Waals surface area (Å²) in [5.41, 5.74) is 1.11. The lowest BCUT2D eigenvalue weighted by Crippen LogP contribution is -2.33. The van der Waals surface area contributed by atoms with Crippen LogP contribution in [0.5, 0.6) is 0 Å². The number of rotatable bonds is 5. The van der Waals surface area contributed by atoms with Crippen LogP contribution in [-0.4, -0.2) is 24.3 Å². The van der Waals surface area contributed by atoms with Crippen molar-refractivity contribution in [2.24, 2.45) is 0 Å². The molecule has 0 N–H and O–H groups in total. The normalized spacial score (nSPS) is 12.8. The Hall–Kier alpha value is -1.94. The lowest BCUT2D eigenvalue weighted by atomic mass is 10.1. The second kappa shape index (κ2) is 7.09. The maximum Gasteiger partial charge on any atom is 0.245 e. The highest BCUT2D eigenvalue weighted by Crippen LogP contribution is 2.31. The molecule has 120 valence electrons. The van der Waals surface area contributed by atoms with Gasteiger partial charge in [-0.3, -0.25) is 4.98 Å². The molecule has 23 heavy (non-hydrogen) atoms. The Labute approximate surface area is 141 Å². The topological polar surface area (TPSA) is 74.1 Å². The Balaban J connectivity index is 2.46. The Bertz CT molecular complexity index is 832. The Morgan fingerprint density at radius 3 is 2.65 bits per heavy atom. The molecule has 0 saturated heterocycles. The zero-order chi connectivity index (χ0) is 17.0. The Morgan fingerprint density at radius 2 is 2.13 bits per heavy atom. The average Bonchev–Trinajstić information content (AvgIpc) is 2.55. The second-order valence-electron chi connectivity index (χ2n) is 4.93. The van der Waals surface area contributed by atoms with Gasteiger partial charge in [-0.05, 0) is 36.8 Å². The van der Waals surface area contributed by atoms with Crippen molar-refractivity contribution < 1.29 is 8.42 Å². The van der Waals surface area contributed by atoms with Crippen molar-refractivity contribution in [3.05, 3.63) is 58.9 Å². The van der Waals surface area contributed by atoms with E-state index < -0.39 is 10.0 Å². The SMILES string of the molecule is CCN([C@H](C)c1cccnc1)S(=O)(=O)c1ccc(C#N)cc1Cl. The van der Waals surface area contributed by atoms with E-state index in [1.54, 1.807) is 32.3 Å². The fraction of sp³-hybridized carbons (Fsp3) is 0.250. The number of nitriles is 1. The molecule has 1 atom stereocenters. The van der Waals surface area contributed by atoms with Crippen LogP contribution in [0.15, 0.2) is 47.6 Å². The second-order valence-corrected chi connectivity index (χ2v) is 7.19. The maximum atomic E-state index is 12.9. The molecule has 0 radical (unpaired) electrons. The van der Waals surface area contributed by atoms with E-state index >= 15 is 0 Å². The lowest BCUT2D eigenvalue weighted by Gasteiger charge is -2.27. The van der Waals surface area contributed by atoms with Crippen LogP contribution in [0.1, 0.15) is 31.0 Å². The number of nitrogens with zero attached hydrogens (tertiary/aromatic N) is 3. The number of halogens is 1. The summed E-state index contributed by atoms with van der Waals surface area (Å²) in [6.07, 6.45) is 3.28. The van der Waals surface area contributed by atoms with Crippen LogP contribution in [0.25, 0.3) is 0 Å². The number of benzene rings is 1. The van der Waals surface area contributed by atoms with E-state index in [2.05, 4.69) is 4.98 Å². The summed E-state index contributed by atoms with van der Waals surface area (Å²) >= 11 is 6.08. The lowest BCUT2D eigenvalue weighted by molar-refractivity contribution is 0.356. The van der Waals surface area contributed by atoms with Crippen molar-refractivity contribution in [1.29, 1.82) is 5.26 Å². The molecule has 1 aromatic carbocycles. The molecule has 2 rings (SSSR count). The van der Waals surface area contributed by atoms with Crippen molar-refractivity contribution in [2.75, 3.05) is 6.54 Å². The van der Waals surface area contributed by atoms with Gasteiger partial charge in [-0.2, -0.15) is 9.57 Å². The average molecular weight is 350 g/mol. The zero-order valence-electron chi connectivity index (χ0n) is 12.8. The summed E-state index contributed by atoms with van der Waals surface area (Å²) < 4.78 is 27.2. The van der Waals surface area contributed by atoms with Crippen molar-refractivity contribution >= 4 is 21.6 Å². The summed E-state index contributed by atoms with van der Waals surface area (Å²) in [6.45, 7) is 3.85. The molecule has 7 heteroatoms. The van der Waals surface area contributed by atoms with E-state index in [1.807, 2.05) is 12.1 Å². The fourth-order valence-corrected chi connectivity index (χ4v) is 4.50. The summed E-state index contributed by atoms with van der Waals surface area (Å²) in [5.74, 6) is 0. The van der Waals surface area contributed by atoms with Crippen LogP contribution < -0.4 is 0 Å². The van der Waals surface area contributed by atoms with E-state index in [4.69, 9.17) is 16.9 Å². The minimum atomic E-state index is -3.79. The Morgan fingerprint density at radius 1 is 1.39 bits per heavy atom. The third-order valence-corrected chi connectivity index (χ3v) is 6.09. The van der Waals surface area contributed by atoms with Crippen molar-refractivity contribution in [3.63, 3.8) is 0 Å². The molecule has 0 fully saturated rings. The minimum Gasteiger partial charge on any atom is -0.264 e. The van der Waals surface area contributed by atoms with E-state index in [0.717, 1.165) is 5.56 Å². The first-order valence-electron chi connectivity index (χ1n) is 7.03. The third kappa shape index (κ3) is 3.53. The molecule has 0 aliphatic heterocycles. The molecular weight excluding hydrogens is 334 g/mol. The van der Waals surface area contributed by atoms with Gasteiger partial charge in [0, 0.05) is 25.0 Å². The van der Waals surface area contributed by atoms with Crippen molar-refractivity contribution in [2.45, 2.75) is 24.8 Å². The highest BCUT2D eigenvalue weighted by Gasteiger charge is 2.30. The molecule has 5 nitrogen and oxygen atoms in total. The molecule has 2 aromatic rings. The number of hydrogen-bond acceptors (Lipinski definition) is 4. The molecular formula is C16H16ClN3O2S. The maximum absolute atomic E-state index is 12.9. The quantitative estimate of drug-likeness (QED) is 0.829. The van der Waals surface area contributed by atoms with Gasteiger partial charge in [0.25, 0.3) is 0 Å². The standard InChI is InChI=1S/C16H16ClN3O2S/c1-3-20(12(2)14-5-4-8-19-11-14)23(21,22)16-7-6-13(10-18)9-15(16)17/h4-9,11-12H,3H2,1-2H3/t12-/m1/s1. The van der Waals surface area contributed by atoms with Gasteiger partial charge < -0.3 is 0 Å². The molecule has 0 spiro atoms. The summed E-state index contributed by atoms with van der Waals surface area (Å²) in [5, 5.41) is 8.92. The molecule has 0 bridgehead atoms. The fourth-order valence-electron chi connectivity index (χ4n) is 2.35. The highest BCUT2D eigenvalue weighted by atomic mass is 35.5. The molecule has 0 aliphatic carbocycles. The van der Waals surface area contributed by atoms with Gasteiger partial charge in [-0.25, -0.2) is 8.42 Å². The van der Waals surface area contributed by atoms with Gasteiger partial charge >= 0.3 is 0 Å². The highest BCUT2D eigenvalue weighted by molar-refractivity contribution is 7.89. The van der Waals surface area contributed by atoms with Crippen LogP contribution in [0, 0.1) is 11.3 Å². The molecule has 0 unspecified atom stereocenters. The Kier molecular flexibility index (Phi) is 5.37.